The van der Waals surface area contributed by atoms with Gasteiger partial charge in [0.05, 0.1) is 0 Å². The lowest BCUT2D eigenvalue weighted by molar-refractivity contribution is -0.167. The zero-order chi connectivity index (χ0) is 55.5. The number of ether oxygens (including phenoxy) is 3. The number of unbranched alkanes of at least 4 members (excludes halogenated alkanes) is 42. The summed E-state index contributed by atoms with van der Waals surface area (Å²) in [5, 5.41) is 7.42. The number of rotatable bonds is 53. The molecule has 0 atom stereocenters. The van der Waals surface area contributed by atoms with Crippen LogP contribution < -0.4 is 0 Å². The number of hydrogen-bond acceptors (Lipinski definition) is 7. The van der Waals surface area contributed by atoms with Crippen LogP contribution in [0.1, 0.15) is 377 Å². The molecular weight excluding hydrogens is 933 g/mol. The first-order valence-corrected chi connectivity index (χ1v) is 32.4. The zero-order valence-corrected chi connectivity index (χ0v) is 51.1. The third-order valence-corrected chi connectivity index (χ3v) is 13.4. The Morgan fingerprint density at radius 1 is 0.333 bits per heavy atom. The minimum absolute atomic E-state index is 0. The van der Waals surface area contributed by atoms with Crippen LogP contribution in [-0.4, -0.2) is 48.3 Å². The molecule has 0 fully saturated rings. The minimum Gasteiger partial charge on any atom is -0.481 e. The summed E-state index contributed by atoms with van der Waals surface area (Å²) in [4.78, 5) is 47.1. The van der Waals surface area contributed by atoms with Crippen LogP contribution >= 0.6 is 0 Å². The highest BCUT2D eigenvalue weighted by Crippen LogP contribution is 2.18. The topological polar surface area (TPSA) is 116 Å². The van der Waals surface area contributed by atoms with Gasteiger partial charge >= 0.3 is 17.9 Å². The molecule has 8 nitrogen and oxygen atoms in total. The van der Waals surface area contributed by atoms with Crippen molar-refractivity contribution in [1.82, 2.24) is 0 Å². The molecule has 0 saturated heterocycles. The van der Waals surface area contributed by atoms with E-state index in [1.54, 1.807) is 0 Å². The van der Waals surface area contributed by atoms with Crippen molar-refractivity contribution < 1.29 is 38.5 Å². The van der Waals surface area contributed by atoms with Gasteiger partial charge in [0.1, 0.15) is 13.2 Å². The van der Waals surface area contributed by atoms with Gasteiger partial charge in [-0.1, -0.05) is 330 Å². The van der Waals surface area contributed by atoms with Gasteiger partial charge in [0.25, 0.3) is 5.97 Å². The smallest absolute Gasteiger partial charge is 0.306 e. The summed E-state index contributed by atoms with van der Waals surface area (Å²) in [5.74, 6) is -1.67. The quantitative estimate of drug-likeness (QED) is 0.0277. The van der Waals surface area contributed by atoms with E-state index in [1.165, 1.54) is 238 Å². The maximum atomic E-state index is 12.8. The summed E-state index contributed by atoms with van der Waals surface area (Å²) >= 11 is 0. The summed E-state index contributed by atoms with van der Waals surface area (Å²) in [6, 6.07) is 0. The fourth-order valence-corrected chi connectivity index (χ4v) is 8.80. The Balaban J connectivity index is -0.00000123. The molecule has 0 heterocycles. The Kier molecular flexibility index (Phi) is 82.4. The maximum Gasteiger partial charge on any atom is 0.306 e. The summed E-state index contributed by atoms with van der Waals surface area (Å²) < 4.78 is 16.9. The molecule has 0 aliphatic carbocycles. The summed E-state index contributed by atoms with van der Waals surface area (Å²) in [7, 11) is 0. The number of carboxylic acids is 1. The van der Waals surface area contributed by atoms with Gasteiger partial charge in [0.15, 0.2) is 6.10 Å². The van der Waals surface area contributed by atoms with E-state index in [1.807, 2.05) is 26.0 Å². The van der Waals surface area contributed by atoms with Crippen molar-refractivity contribution in [2.24, 2.45) is 0 Å². The maximum absolute atomic E-state index is 12.8. The third-order valence-electron chi connectivity index (χ3n) is 13.4. The van der Waals surface area contributed by atoms with Crippen LogP contribution in [0.5, 0.6) is 0 Å². The van der Waals surface area contributed by atoms with Gasteiger partial charge in [-0.05, 0) is 33.1 Å². The minimum atomic E-state index is -0.833. The van der Waals surface area contributed by atoms with Crippen LogP contribution in [0.25, 0.3) is 0 Å². The van der Waals surface area contributed by atoms with Crippen LogP contribution in [0.15, 0.2) is 12.2 Å². The van der Waals surface area contributed by atoms with Crippen LogP contribution in [-0.2, 0) is 33.4 Å². The fraction of sp³-hybridized carbons (Fsp3) is 0.910. The van der Waals surface area contributed by atoms with E-state index in [2.05, 4.69) is 34.6 Å². The molecule has 0 aliphatic heterocycles. The summed E-state index contributed by atoms with van der Waals surface area (Å²) in [6.45, 7) is 16.0. The van der Waals surface area contributed by atoms with E-state index in [0.717, 1.165) is 64.7 Å². The summed E-state index contributed by atoms with van der Waals surface area (Å²) in [5.41, 5.74) is 0. The van der Waals surface area contributed by atoms with E-state index < -0.39 is 12.1 Å². The number of aliphatic carboxylic acids is 1. The second kappa shape index (κ2) is 75.9. The summed E-state index contributed by atoms with van der Waals surface area (Å²) in [6.07, 6.45) is 63.2. The number of allylic oxidation sites excluding steroid dienone is 2. The molecule has 0 aromatic rings. The third kappa shape index (κ3) is 85.8. The first-order valence-electron chi connectivity index (χ1n) is 32.4. The van der Waals surface area contributed by atoms with E-state index in [4.69, 9.17) is 24.1 Å². The zero-order valence-electron chi connectivity index (χ0n) is 51.1. The molecule has 0 saturated carbocycles. The van der Waals surface area contributed by atoms with Crippen molar-refractivity contribution in [2.75, 3.05) is 13.2 Å². The normalized spacial score (nSPS) is 10.7. The molecule has 0 unspecified atom stereocenters. The van der Waals surface area contributed by atoms with Crippen molar-refractivity contribution >= 4 is 23.9 Å². The lowest BCUT2D eigenvalue weighted by atomic mass is 10.0. The number of hydrogen-bond donors (Lipinski definition) is 1. The molecule has 0 bridgehead atoms. The highest BCUT2D eigenvalue weighted by Gasteiger charge is 2.19. The molecular formula is C67H134O8. The van der Waals surface area contributed by atoms with E-state index in [-0.39, 0.29) is 38.5 Å². The molecule has 0 radical (unpaired) electrons. The Labute approximate surface area is 469 Å². The van der Waals surface area contributed by atoms with Gasteiger partial charge in [-0.3, -0.25) is 19.2 Å². The first-order chi connectivity index (χ1) is 36.1. The Hall–Kier alpha value is -2.38. The second-order valence-corrected chi connectivity index (χ2v) is 21.5. The Morgan fingerprint density at radius 2 is 0.493 bits per heavy atom. The molecule has 450 valence electrons. The Bertz CT molecular complexity index is 1060. The molecule has 0 aromatic carbocycles. The largest absolute Gasteiger partial charge is 0.481 e. The number of esters is 3. The first kappa shape index (κ1) is 81.5. The van der Waals surface area contributed by atoms with Crippen LogP contribution in [0.4, 0.5) is 0 Å². The predicted molar refractivity (Wildman–Crippen MR) is 327 cm³/mol. The van der Waals surface area contributed by atoms with E-state index in [9.17, 15) is 14.4 Å². The van der Waals surface area contributed by atoms with Gasteiger partial charge in [-0.25, -0.2) is 0 Å². The number of carboxylic acid groups (broad SMARTS) is 1. The molecule has 0 amide bonds. The average Bonchev–Trinajstić information content (AvgIpc) is 3.38. The van der Waals surface area contributed by atoms with Crippen molar-refractivity contribution in [1.29, 1.82) is 0 Å². The second-order valence-electron chi connectivity index (χ2n) is 21.5. The molecule has 0 aliphatic rings. The fourth-order valence-electron chi connectivity index (χ4n) is 8.80. The SMILES string of the molecule is C.C/C=C\C.CC(=O)O.CCC.CCCCCCCCCCCCCCCCCC(=O)OCC(COC(=O)CCCCCCCCCCCCCCCCC)OC(=O)CCCCCCCCCCCCCCCCC. The van der Waals surface area contributed by atoms with Gasteiger partial charge in [-0.2, -0.15) is 0 Å². The van der Waals surface area contributed by atoms with Gasteiger partial charge in [0, 0.05) is 26.2 Å². The highest BCUT2D eigenvalue weighted by atomic mass is 16.6. The van der Waals surface area contributed by atoms with Gasteiger partial charge < -0.3 is 19.3 Å². The monoisotopic (exact) mass is 1070 g/mol. The average molecular weight is 1070 g/mol. The van der Waals surface area contributed by atoms with Crippen LogP contribution in [0.3, 0.4) is 0 Å². The van der Waals surface area contributed by atoms with Gasteiger partial charge in [-0.15, -0.1) is 0 Å². The lowest BCUT2D eigenvalue weighted by Crippen LogP contribution is -2.30. The Morgan fingerprint density at radius 3 is 0.667 bits per heavy atom. The van der Waals surface area contributed by atoms with Crippen LogP contribution in [0.2, 0.25) is 0 Å². The predicted octanol–water partition coefficient (Wildman–Crippen LogP) is 22.5. The standard InChI is InChI=1S/C57H110O6.C4H8.C3H8.C2H4O2.CH4/c1-4-7-10-13-16-19-22-25-28-31-34-37-40-43-46-49-55(58)61-52-54(63-57(60)51-48-45-42-39-36-33-30-27-24-21-18-15-12-9-6-3)53-62-56(59)50-47-44-41-38-35-32-29-26-23-20-17-14-11-8-5-2;1-3-4-2;1-3-2;1-2(3)4;/h54H,4-53H2,1-3H3;3-4H,1-2H3;3H2,1-2H3;1H3,(H,3,4);1H4/b;4-3-;;;. The molecule has 0 spiro atoms. The lowest BCUT2D eigenvalue weighted by Gasteiger charge is -2.18. The van der Waals surface area contributed by atoms with E-state index in [0.29, 0.717) is 19.3 Å². The molecule has 8 heteroatoms. The van der Waals surface area contributed by atoms with Crippen molar-refractivity contribution in [2.45, 2.75) is 384 Å². The van der Waals surface area contributed by atoms with Gasteiger partial charge in [0.2, 0.25) is 0 Å². The number of carbonyl (C=O) groups is 4. The van der Waals surface area contributed by atoms with E-state index >= 15 is 0 Å². The molecule has 0 rings (SSSR count). The number of carbonyl (C=O) groups excluding carboxylic acids is 3. The van der Waals surface area contributed by atoms with Crippen molar-refractivity contribution in [3.05, 3.63) is 12.2 Å². The molecule has 1 N–H and O–H groups in total. The highest BCUT2D eigenvalue weighted by molar-refractivity contribution is 5.71. The van der Waals surface area contributed by atoms with Crippen LogP contribution in [0, 0.1) is 0 Å². The van der Waals surface area contributed by atoms with Crippen molar-refractivity contribution in [3.8, 4) is 0 Å². The molecule has 0 aromatic heterocycles. The van der Waals surface area contributed by atoms with Crippen molar-refractivity contribution in [3.63, 3.8) is 0 Å². The molecule has 75 heavy (non-hydrogen) atoms.